The number of amides is 5. The summed E-state index contributed by atoms with van der Waals surface area (Å²) in [7, 11) is 0. The molecule has 0 aromatic carbocycles. The zero-order valence-electron chi connectivity index (χ0n) is 22.0. The standard InChI is InChI=1S/C25H43N5O8/c31-16-10-21(33)27-12-4-3-7-20(29-22(34)11-17-32)25(37)28-14-13-26-19-38-18-6-2-1-5-15-30-23(35)8-9-24(30)36/h8-9,20,26,31-32H,1-7,10-19H2,(H,27,33)(H,28,37)(H,29,34). The van der Waals surface area contributed by atoms with Crippen LogP contribution in [0.15, 0.2) is 12.2 Å². The maximum absolute atomic E-state index is 12.5. The Morgan fingerprint density at radius 1 is 0.816 bits per heavy atom. The second-order valence-electron chi connectivity index (χ2n) is 8.83. The maximum atomic E-state index is 12.5. The molecule has 1 unspecified atom stereocenters. The number of imide groups is 1. The molecule has 0 aromatic rings. The summed E-state index contributed by atoms with van der Waals surface area (Å²) < 4.78 is 5.51. The first-order valence-corrected chi connectivity index (χ1v) is 13.3. The van der Waals surface area contributed by atoms with E-state index in [1.54, 1.807) is 0 Å². The van der Waals surface area contributed by atoms with Crippen LogP contribution in [0.2, 0.25) is 0 Å². The molecule has 1 rings (SSSR count). The Bertz CT molecular complexity index is 759. The van der Waals surface area contributed by atoms with Crippen LogP contribution in [0, 0.1) is 0 Å². The smallest absolute Gasteiger partial charge is 0.253 e. The first-order valence-electron chi connectivity index (χ1n) is 13.3. The molecule has 13 heteroatoms. The van der Waals surface area contributed by atoms with Gasteiger partial charge in [-0.2, -0.15) is 0 Å². The van der Waals surface area contributed by atoms with Crippen molar-refractivity contribution in [3.8, 4) is 0 Å². The quantitative estimate of drug-likeness (QED) is 0.0519. The highest BCUT2D eigenvalue weighted by Crippen LogP contribution is 2.07. The SMILES string of the molecule is O=C(CCO)NCCCCC(NC(=O)CCO)C(=O)NCCNCOCCCCCCN1C(=O)C=CC1=O. The third-order valence-corrected chi connectivity index (χ3v) is 5.70. The van der Waals surface area contributed by atoms with Gasteiger partial charge in [-0.3, -0.25) is 34.2 Å². The maximum Gasteiger partial charge on any atom is 0.253 e. The minimum absolute atomic E-state index is 0.0483. The van der Waals surface area contributed by atoms with Crippen LogP contribution in [0.5, 0.6) is 0 Å². The number of nitrogens with zero attached hydrogens (tertiary/aromatic N) is 1. The molecule has 0 fully saturated rings. The van der Waals surface area contributed by atoms with E-state index in [0.717, 1.165) is 25.7 Å². The Balaban J connectivity index is 2.09. The highest BCUT2D eigenvalue weighted by molar-refractivity contribution is 6.12. The Morgan fingerprint density at radius 3 is 2.21 bits per heavy atom. The molecule has 13 nitrogen and oxygen atoms in total. The summed E-state index contributed by atoms with van der Waals surface area (Å²) in [4.78, 5) is 59.9. The molecule has 1 aliphatic heterocycles. The Labute approximate surface area is 223 Å². The van der Waals surface area contributed by atoms with Gasteiger partial charge in [-0.1, -0.05) is 12.8 Å². The third kappa shape index (κ3) is 15.4. The van der Waals surface area contributed by atoms with Crippen LogP contribution < -0.4 is 21.3 Å². The number of hydrogen-bond donors (Lipinski definition) is 6. The second kappa shape index (κ2) is 21.1. The van der Waals surface area contributed by atoms with E-state index >= 15 is 0 Å². The monoisotopic (exact) mass is 541 g/mol. The van der Waals surface area contributed by atoms with Gasteiger partial charge in [0.2, 0.25) is 17.7 Å². The number of hydrogen-bond acceptors (Lipinski definition) is 9. The Morgan fingerprint density at radius 2 is 1.50 bits per heavy atom. The van der Waals surface area contributed by atoms with Gasteiger partial charge in [-0.25, -0.2) is 0 Å². The average molecular weight is 542 g/mol. The molecule has 216 valence electrons. The molecule has 0 saturated carbocycles. The van der Waals surface area contributed by atoms with E-state index in [0.29, 0.717) is 58.8 Å². The van der Waals surface area contributed by atoms with Crippen molar-refractivity contribution < 1.29 is 38.9 Å². The summed E-state index contributed by atoms with van der Waals surface area (Å²) in [5.74, 6) is -1.47. The zero-order chi connectivity index (χ0) is 28.0. The van der Waals surface area contributed by atoms with Crippen LogP contribution in [-0.4, -0.2) is 103 Å². The van der Waals surface area contributed by atoms with Gasteiger partial charge in [0.1, 0.15) is 6.04 Å². The summed E-state index contributed by atoms with van der Waals surface area (Å²) >= 11 is 0. The summed E-state index contributed by atoms with van der Waals surface area (Å²) in [6.45, 7) is 2.06. The number of aliphatic hydroxyl groups is 2. The van der Waals surface area contributed by atoms with E-state index in [2.05, 4.69) is 21.3 Å². The van der Waals surface area contributed by atoms with Gasteiger partial charge in [-0.15, -0.1) is 0 Å². The number of carbonyl (C=O) groups is 5. The number of ether oxygens (including phenoxy) is 1. The van der Waals surface area contributed by atoms with E-state index in [-0.39, 0.29) is 49.7 Å². The van der Waals surface area contributed by atoms with Gasteiger partial charge in [0.25, 0.3) is 11.8 Å². The van der Waals surface area contributed by atoms with Crippen LogP contribution in [0.1, 0.15) is 57.8 Å². The number of nitrogens with one attached hydrogen (secondary N) is 4. The summed E-state index contributed by atoms with van der Waals surface area (Å²) in [6, 6.07) is -0.739. The number of rotatable bonds is 23. The largest absolute Gasteiger partial charge is 0.396 e. The Hall–Kier alpha value is -2.87. The van der Waals surface area contributed by atoms with Gasteiger partial charge in [0.05, 0.1) is 19.9 Å². The fourth-order valence-electron chi connectivity index (χ4n) is 3.62. The first kappa shape index (κ1) is 33.2. The lowest BCUT2D eigenvalue weighted by Crippen LogP contribution is -2.48. The molecule has 0 aromatic heterocycles. The van der Waals surface area contributed by atoms with Crippen LogP contribution in [0.25, 0.3) is 0 Å². The molecule has 6 N–H and O–H groups in total. The molecule has 0 bridgehead atoms. The fraction of sp³-hybridized carbons (Fsp3) is 0.720. The lowest BCUT2D eigenvalue weighted by molar-refractivity contribution is -0.137. The van der Waals surface area contributed by atoms with Crippen molar-refractivity contribution in [2.24, 2.45) is 0 Å². The molecule has 1 heterocycles. The van der Waals surface area contributed by atoms with E-state index in [1.807, 2.05) is 0 Å². The first-order chi connectivity index (χ1) is 18.4. The molecule has 0 saturated heterocycles. The zero-order valence-corrected chi connectivity index (χ0v) is 22.0. The Kier molecular flexibility index (Phi) is 18.4. The van der Waals surface area contributed by atoms with Crippen LogP contribution >= 0.6 is 0 Å². The third-order valence-electron chi connectivity index (χ3n) is 5.70. The number of carbonyl (C=O) groups excluding carboxylic acids is 5. The van der Waals surface area contributed by atoms with Crippen molar-refractivity contribution in [1.29, 1.82) is 0 Å². The van der Waals surface area contributed by atoms with Gasteiger partial charge in [0.15, 0.2) is 0 Å². The fourth-order valence-corrected chi connectivity index (χ4v) is 3.62. The van der Waals surface area contributed by atoms with Crippen LogP contribution in [0.4, 0.5) is 0 Å². The lowest BCUT2D eigenvalue weighted by Gasteiger charge is -2.18. The molecule has 0 radical (unpaired) electrons. The van der Waals surface area contributed by atoms with Gasteiger partial charge < -0.3 is 30.9 Å². The molecular weight excluding hydrogens is 498 g/mol. The van der Waals surface area contributed by atoms with Gasteiger partial charge >= 0.3 is 0 Å². The number of aliphatic hydroxyl groups excluding tert-OH is 2. The highest BCUT2D eigenvalue weighted by Gasteiger charge is 2.22. The topological polar surface area (TPSA) is 186 Å². The molecule has 1 aliphatic rings. The highest BCUT2D eigenvalue weighted by atomic mass is 16.5. The predicted octanol–water partition coefficient (Wildman–Crippen LogP) is -1.31. The average Bonchev–Trinajstić information content (AvgIpc) is 3.20. The summed E-state index contributed by atoms with van der Waals surface area (Å²) in [6.07, 6.45) is 7.58. The minimum atomic E-state index is -0.739. The van der Waals surface area contributed by atoms with Gasteiger partial charge in [0, 0.05) is 57.8 Å². The molecule has 0 aliphatic carbocycles. The van der Waals surface area contributed by atoms with E-state index in [4.69, 9.17) is 14.9 Å². The second-order valence-corrected chi connectivity index (χ2v) is 8.83. The van der Waals surface area contributed by atoms with Gasteiger partial charge in [-0.05, 0) is 32.1 Å². The predicted molar refractivity (Wildman–Crippen MR) is 138 cm³/mol. The molecule has 5 amide bonds. The molecular formula is C25H43N5O8. The molecule has 38 heavy (non-hydrogen) atoms. The van der Waals surface area contributed by atoms with E-state index in [9.17, 15) is 24.0 Å². The minimum Gasteiger partial charge on any atom is -0.396 e. The van der Waals surface area contributed by atoms with Crippen molar-refractivity contribution in [1.82, 2.24) is 26.2 Å². The summed E-state index contributed by atoms with van der Waals surface area (Å²) in [5.41, 5.74) is 0. The molecule has 1 atom stereocenters. The van der Waals surface area contributed by atoms with E-state index < -0.39 is 11.9 Å². The van der Waals surface area contributed by atoms with Crippen molar-refractivity contribution in [3.05, 3.63) is 12.2 Å². The van der Waals surface area contributed by atoms with Crippen molar-refractivity contribution in [2.45, 2.75) is 63.8 Å². The van der Waals surface area contributed by atoms with E-state index in [1.165, 1.54) is 17.1 Å². The van der Waals surface area contributed by atoms with Crippen LogP contribution in [-0.2, 0) is 28.7 Å². The normalized spacial score (nSPS) is 13.6. The van der Waals surface area contributed by atoms with Crippen molar-refractivity contribution >= 4 is 29.5 Å². The van der Waals surface area contributed by atoms with Crippen LogP contribution in [0.3, 0.4) is 0 Å². The number of unbranched alkanes of at least 4 members (excludes halogenated alkanes) is 4. The molecule has 0 spiro atoms. The summed E-state index contributed by atoms with van der Waals surface area (Å²) in [5, 5.41) is 28.8. The lowest BCUT2D eigenvalue weighted by atomic mass is 10.1. The van der Waals surface area contributed by atoms with Crippen molar-refractivity contribution in [3.63, 3.8) is 0 Å². The van der Waals surface area contributed by atoms with Crippen molar-refractivity contribution in [2.75, 3.05) is 52.7 Å².